The Morgan fingerprint density at radius 3 is 1.39 bits per heavy atom. The number of benzene rings is 6. The summed E-state index contributed by atoms with van der Waals surface area (Å²) in [6.45, 7) is 15.3. The van der Waals surface area contributed by atoms with Crippen molar-refractivity contribution in [3.63, 3.8) is 0 Å². The number of halogens is 3. The van der Waals surface area contributed by atoms with E-state index in [9.17, 15) is 34.2 Å². The van der Waals surface area contributed by atoms with Crippen molar-refractivity contribution in [1.82, 2.24) is 9.13 Å². The summed E-state index contributed by atoms with van der Waals surface area (Å²) < 4.78 is 45.1. The van der Waals surface area contributed by atoms with Gasteiger partial charge in [0.05, 0.1) is 87.0 Å². The molecule has 6 aromatic carbocycles. The Balaban J connectivity index is 1.57. The van der Waals surface area contributed by atoms with Crippen molar-refractivity contribution in [2.75, 3.05) is 0 Å². The normalized spacial score (nSPS) is 11.1. The largest absolute Gasteiger partial charge is 0.416 e. The van der Waals surface area contributed by atoms with Gasteiger partial charge >= 0.3 is 6.18 Å². The minimum Gasteiger partial charge on any atom is -0.308 e. The molecule has 0 saturated carbocycles. The molecule has 0 N–H and O–H groups in total. The van der Waals surface area contributed by atoms with E-state index < -0.39 is 11.7 Å². The molecule has 0 spiro atoms. The molecule has 2 aromatic heterocycles. The van der Waals surface area contributed by atoms with Gasteiger partial charge in [0, 0.05) is 10.8 Å². The summed E-state index contributed by atoms with van der Waals surface area (Å²) in [6.07, 6.45) is -4.70. The molecule has 0 aliphatic heterocycles. The van der Waals surface area contributed by atoms with E-state index in [-0.39, 0.29) is 16.7 Å². The third-order valence-corrected chi connectivity index (χ3v) is 9.48. The Morgan fingerprint density at radius 2 is 0.981 bits per heavy atom. The highest BCUT2D eigenvalue weighted by atomic mass is 19.4. The minimum absolute atomic E-state index is 0.152. The number of hydrogen-bond donors (Lipinski definition) is 0. The van der Waals surface area contributed by atoms with Crippen molar-refractivity contribution in [3.8, 4) is 46.8 Å². The van der Waals surface area contributed by atoms with Gasteiger partial charge in [0.15, 0.2) is 11.4 Å². The lowest BCUT2D eigenvalue weighted by Crippen LogP contribution is -2.07. The first-order valence-electron chi connectivity index (χ1n) is 16.0. The molecule has 8 nitrogen and oxygen atoms in total. The number of rotatable bonds is 3. The fraction of sp³-hybridized carbons (Fsp3) is 0.0233. The van der Waals surface area contributed by atoms with Gasteiger partial charge in [0.1, 0.15) is 11.6 Å². The van der Waals surface area contributed by atoms with Crippen LogP contribution < -0.4 is 0 Å². The highest BCUT2D eigenvalue weighted by Gasteiger charge is 2.31. The summed E-state index contributed by atoms with van der Waals surface area (Å²) in [4.78, 5) is 7.17. The van der Waals surface area contributed by atoms with E-state index in [0.717, 1.165) is 12.1 Å². The van der Waals surface area contributed by atoms with Crippen LogP contribution in [0.3, 0.4) is 0 Å². The first-order chi connectivity index (χ1) is 26.1. The van der Waals surface area contributed by atoms with Crippen LogP contribution in [0.4, 0.5) is 24.5 Å². The highest BCUT2D eigenvalue weighted by molar-refractivity contribution is 6.13. The van der Waals surface area contributed by atoms with Crippen molar-refractivity contribution < 1.29 is 13.2 Å². The van der Waals surface area contributed by atoms with Crippen LogP contribution in [0, 0.1) is 58.5 Å². The van der Waals surface area contributed by atoms with Gasteiger partial charge in [-0.2, -0.15) is 34.2 Å². The molecule has 0 radical (unpaired) electrons. The van der Waals surface area contributed by atoms with Crippen molar-refractivity contribution in [3.05, 3.63) is 154 Å². The molecule has 2 heterocycles. The van der Waals surface area contributed by atoms with Crippen LogP contribution in [-0.2, 0) is 6.18 Å². The Hall–Kier alpha value is -8.35. The van der Waals surface area contributed by atoms with Crippen LogP contribution in [0.1, 0.15) is 27.8 Å². The van der Waals surface area contributed by atoms with Crippen molar-refractivity contribution in [1.29, 1.82) is 21.0 Å². The summed E-state index contributed by atoms with van der Waals surface area (Å²) in [7, 11) is 0. The van der Waals surface area contributed by atoms with Crippen LogP contribution in [0.15, 0.2) is 103 Å². The predicted octanol–water partition coefficient (Wildman–Crippen LogP) is 11.2. The van der Waals surface area contributed by atoms with Gasteiger partial charge in [-0.3, -0.25) is 0 Å². The third-order valence-electron chi connectivity index (χ3n) is 9.48. The minimum atomic E-state index is -4.70. The summed E-state index contributed by atoms with van der Waals surface area (Å²) in [5, 5.41) is 43.3. The first kappa shape index (κ1) is 32.8. The number of alkyl halides is 3. The SMILES string of the molecule is [C-]#[N+]c1ccc2c(c1)c1cc([N+]#[C-])ccc1n2-c1cc(-c2ccc(C(F)(F)F)cc2C#N)cc(-n2c3ccc(C#N)cc3c3cc(C#N)ccc32)c1C#N. The van der Waals surface area contributed by atoms with Crippen molar-refractivity contribution in [2.45, 2.75) is 6.18 Å². The average molecular weight is 703 g/mol. The lowest BCUT2D eigenvalue weighted by Gasteiger charge is -2.19. The van der Waals surface area contributed by atoms with E-state index in [1.165, 1.54) is 6.07 Å². The molecule has 250 valence electrons. The second-order valence-corrected chi connectivity index (χ2v) is 12.4. The van der Waals surface area contributed by atoms with Gasteiger partial charge in [-0.1, -0.05) is 18.2 Å². The Labute approximate surface area is 304 Å². The lowest BCUT2D eigenvalue weighted by molar-refractivity contribution is -0.137. The second kappa shape index (κ2) is 12.2. The maximum Gasteiger partial charge on any atom is 0.416 e. The van der Waals surface area contributed by atoms with Gasteiger partial charge in [0.2, 0.25) is 0 Å². The van der Waals surface area contributed by atoms with Crippen LogP contribution in [0.2, 0.25) is 0 Å². The maximum absolute atomic E-state index is 13.8. The average Bonchev–Trinajstić information content (AvgIpc) is 3.70. The van der Waals surface area contributed by atoms with Gasteiger partial charge in [-0.05, 0) is 107 Å². The van der Waals surface area contributed by atoms with Crippen molar-refractivity contribution >= 4 is 55.0 Å². The topological polar surface area (TPSA) is 114 Å². The molecule has 0 bridgehead atoms. The van der Waals surface area contributed by atoms with Crippen LogP contribution in [-0.4, -0.2) is 9.13 Å². The molecule has 0 aliphatic carbocycles. The number of nitriles is 4. The summed E-state index contributed by atoms with van der Waals surface area (Å²) in [6, 6.07) is 35.0. The van der Waals surface area contributed by atoms with Crippen LogP contribution >= 0.6 is 0 Å². The Kier molecular flexibility index (Phi) is 7.39. The standard InChI is InChI=1S/C43H17F3N8/c1-51-29-6-11-39-34(18-29)35-19-30(52-2)7-12-40(35)54(39)42-17-26(31-8-5-28(43(44,45)46)15-27(31)22-49)16-41(36(42)23-50)53-37-9-3-24(20-47)13-32(37)33-14-25(21-48)4-10-38(33)53/h3-19H. The number of fused-ring (bicyclic) bond motifs is 6. The molecule has 8 rings (SSSR count). The molecule has 11 heteroatoms. The second-order valence-electron chi connectivity index (χ2n) is 12.4. The van der Waals surface area contributed by atoms with Crippen LogP contribution in [0.5, 0.6) is 0 Å². The van der Waals surface area contributed by atoms with Gasteiger partial charge < -0.3 is 9.13 Å². The Morgan fingerprint density at radius 1 is 0.519 bits per heavy atom. The van der Waals surface area contributed by atoms with Crippen molar-refractivity contribution in [2.24, 2.45) is 0 Å². The predicted molar refractivity (Wildman–Crippen MR) is 197 cm³/mol. The zero-order valence-electron chi connectivity index (χ0n) is 27.5. The first-order valence-corrected chi connectivity index (χ1v) is 16.0. The monoisotopic (exact) mass is 702 g/mol. The molecule has 0 unspecified atom stereocenters. The van der Waals surface area contributed by atoms with E-state index in [0.29, 0.717) is 83.1 Å². The third kappa shape index (κ3) is 4.95. The van der Waals surface area contributed by atoms with E-state index in [2.05, 4.69) is 27.9 Å². The number of aromatic nitrogens is 2. The molecule has 0 atom stereocenters. The molecule has 54 heavy (non-hydrogen) atoms. The molecule has 0 saturated heterocycles. The van der Waals surface area contributed by atoms with Gasteiger partial charge in [-0.15, -0.1) is 0 Å². The quantitative estimate of drug-likeness (QED) is 0.170. The molecule has 0 aliphatic rings. The van der Waals surface area contributed by atoms with Gasteiger partial charge in [0.25, 0.3) is 0 Å². The van der Waals surface area contributed by atoms with E-state index in [1.807, 2.05) is 10.6 Å². The Bertz CT molecular complexity index is 2920. The number of nitrogens with zero attached hydrogens (tertiary/aromatic N) is 8. The lowest BCUT2D eigenvalue weighted by atomic mass is 9.95. The van der Waals surface area contributed by atoms with Crippen LogP contribution in [0.25, 0.3) is 75.8 Å². The van der Waals surface area contributed by atoms with Gasteiger partial charge in [-0.25, -0.2) is 9.69 Å². The molecule has 8 aromatic rings. The summed E-state index contributed by atoms with van der Waals surface area (Å²) in [5.41, 5.74) is 3.84. The fourth-order valence-corrected chi connectivity index (χ4v) is 7.12. The molecule has 0 amide bonds. The smallest absolute Gasteiger partial charge is 0.308 e. The van der Waals surface area contributed by atoms with E-state index in [1.54, 1.807) is 89.5 Å². The van der Waals surface area contributed by atoms with E-state index in [4.69, 9.17) is 13.1 Å². The van der Waals surface area contributed by atoms with E-state index >= 15 is 0 Å². The fourth-order valence-electron chi connectivity index (χ4n) is 7.12. The zero-order chi connectivity index (χ0) is 37.9. The molecular weight excluding hydrogens is 686 g/mol. The summed E-state index contributed by atoms with van der Waals surface area (Å²) >= 11 is 0. The molecular formula is C43H17F3N8. The maximum atomic E-state index is 13.8. The molecule has 0 fully saturated rings. The highest BCUT2D eigenvalue weighted by Crippen LogP contribution is 2.43. The zero-order valence-corrected chi connectivity index (χ0v) is 27.5. The number of hydrogen-bond acceptors (Lipinski definition) is 4. The summed E-state index contributed by atoms with van der Waals surface area (Å²) in [5.74, 6) is 0.